The monoisotopic (exact) mass is 808 g/mol. The summed E-state index contributed by atoms with van der Waals surface area (Å²) in [6.07, 6.45) is 5.97. The summed E-state index contributed by atoms with van der Waals surface area (Å²) in [6.45, 7) is 0. The number of hydrogen-bond donors (Lipinski definition) is 0. The lowest BCUT2D eigenvalue weighted by Crippen LogP contribution is -2.28. The molecular weight excluding hydrogens is 769 g/mol. The Morgan fingerprint density at radius 1 is 0.413 bits per heavy atom. The van der Waals surface area contributed by atoms with Crippen LogP contribution in [-0.4, -0.2) is 15.0 Å². The van der Waals surface area contributed by atoms with Gasteiger partial charge in [0.15, 0.2) is 17.5 Å². The van der Waals surface area contributed by atoms with Crippen LogP contribution in [0.5, 0.6) is 0 Å². The van der Waals surface area contributed by atoms with Crippen LogP contribution >= 0.6 is 0 Å². The normalized spacial score (nSPS) is 13.8. The van der Waals surface area contributed by atoms with E-state index in [1.807, 2.05) is 42.5 Å². The van der Waals surface area contributed by atoms with Crippen molar-refractivity contribution in [2.75, 3.05) is 0 Å². The predicted octanol–water partition coefficient (Wildman–Crippen LogP) is 14.9. The van der Waals surface area contributed by atoms with Crippen molar-refractivity contribution in [3.8, 4) is 84.7 Å². The average Bonchev–Trinajstić information content (AvgIpc) is 3.86. The molecule has 2 aliphatic carbocycles. The maximum absolute atomic E-state index is 9.83. The van der Waals surface area contributed by atoms with Gasteiger partial charge in [0.25, 0.3) is 0 Å². The lowest BCUT2D eigenvalue weighted by atomic mass is 9.67. The van der Waals surface area contributed by atoms with Crippen molar-refractivity contribution in [3.63, 3.8) is 0 Å². The van der Waals surface area contributed by atoms with Gasteiger partial charge in [0.1, 0.15) is 11.2 Å². The van der Waals surface area contributed by atoms with Crippen molar-refractivity contribution in [3.05, 3.63) is 199 Å². The molecule has 0 amide bonds. The summed E-state index contributed by atoms with van der Waals surface area (Å²) >= 11 is 0. The largest absolute Gasteiger partial charge is 0.456 e. The van der Waals surface area contributed by atoms with Crippen molar-refractivity contribution in [1.29, 1.82) is 5.26 Å². The van der Waals surface area contributed by atoms with Gasteiger partial charge in [-0.05, 0) is 105 Å². The summed E-state index contributed by atoms with van der Waals surface area (Å²) in [5, 5.41) is 11.9. The third-order valence-electron chi connectivity index (χ3n) is 13.4. The molecule has 2 heterocycles. The maximum Gasteiger partial charge on any atom is 0.164 e. The van der Waals surface area contributed by atoms with Gasteiger partial charge >= 0.3 is 0 Å². The summed E-state index contributed by atoms with van der Waals surface area (Å²) in [7, 11) is 0. The number of para-hydroxylation sites is 1. The summed E-state index contributed by atoms with van der Waals surface area (Å²) < 4.78 is 6.15. The molecule has 0 unspecified atom stereocenters. The Hall–Kier alpha value is -7.94. The van der Waals surface area contributed by atoms with E-state index in [0.29, 0.717) is 17.5 Å². The van der Waals surface area contributed by atoms with Gasteiger partial charge in [-0.25, -0.2) is 15.0 Å². The first-order chi connectivity index (χ1) is 31.1. The van der Waals surface area contributed by atoms with Gasteiger partial charge in [-0.15, -0.1) is 0 Å². The molecule has 0 atom stereocenters. The fourth-order valence-electron chi connectivity index (χ4n) is 10.3. The Morgan fingerprint density at radius 3 is 1.63 bits per heavy atom. The molecule has 1 saturated carbocycles. The van der Waals surface area contributed by atoms with Gasteiger partial charge in [0, 0.05) is 32.9 Å². The quantitative estimate of drug-likeness (QED) is 0.167. The van der Waals surface area contributed by atoms with Gasteiger partial charge in [-0.2, -0.15) is 5.26 Å². The minimum Gasteiger partial charge on any atom is -0.456 e. The molecule has 10 aromatic rings. The SMILES string of the molecule is N#Cc1ccc2c(c1)C1(CCCCC1)c1cccc(-c3ccc(-c4ccc(-c5nc(-c6ccc(-c7ccccc7)cc6)nc(-c6ccc7oc8ccccc8c7c6)n5)cc4)cc3)c1-2. The second kappa shape index (κ2) is 14.9. The molecule has 0 N–H and O–H groups in total. The number of rotatable bonds is 6. The van der Waals surface area contributed by atoms with E-state index in [1.165, 1.54) is 52.6 Å². The Bertz CT molecular complexity index is 3410. The molecule has 0 saturated heterocycles. The molecule has 12 rings (SSSR count). The highest BCUT2D eigenvalue weighted by molar-refractivity contribution is 6.06. The van der Waals surface area contributed by atoms with E-state index in [4.69, 9.17) is 19.4 Å². The van der Waals surface area contributed by atoms with Crippen molar-refractivity contribution >= 4 is 21.9 Å². The zero-order chi connectivity index (χ0) is 41.9. The van der Waals surface area contributed by atoms with E-state index in [0.717, 1.165) is 79.3 Å². The van der Waals surface area contributed by atoms with Crippen LogP contribution in [0.2, 0.25) is 0 Å². The number of aromatic nitrogens is 3. The summed E-state index contributed by atoms with van der Waals surface area (Å²) in [5.74, 6) is 1.82. The van der Waals surface area contributed by atoms with Gasteiger partial charge in [-0.3, -0.25) is 0 Å². The number of benzene rings is 8. The number of fused-ring (bicyclic) bond motifs is 8. The van der Waals surface area contributed by atoms with Crippen LogP contribution in [0.25, 0.3) is 101 Å². The van der Waals surface area contributed by atoms with Gasteiger partial charge < -0.3 is 4.42 Å². The van der Waals surface area contributed by atoms with E-state index in [1.54, 1.807) is 0 Å². The van der Waals surface area contributed by atoms with Crippen molar-refractivity contribution in [1.82, 2.24) is 15.0 Å². The topological polar surface area (TPSA) is 75.6 Å². The average molecular weight is 809 g/mol. The number of furan rings is 1. The van der Waals surface area contributed by atoms with E-state index in [2.05, 4.69) is 146 Å². The number of nitrogens with zero attached hydrogens (tertiary/aromatic N) is 4. The van der Waals surface area contributed by atoms with Gasteiger partial charge in [-0.1, -0.05) is 165 Å². The minimum atomic E-state index is -0.0111. The smallest absolute Gasteiger partial charge is 0.164 e. The van der Waals surface area contributed by atoms with Crippen LogP contribution in [0.15, 0.2) is 186 Å². The summed E-state index contributed by atoms with van der Waals surface area (Å²) in [4.78, 5) is 15.3. The Morgan fingerprint density at radius 2 is 0.968 bits per heavy atom. The van der Waals surface area contributed by atoms with E-state index < -0.39 is 0 Å². The second-order valence-corrected chi connectivity index (χ2v) is 17.0. The van der Waals surface area contributed by atoms with Crippen LogP contribution in [-0.2, 0) is 5.41 Å². The van der Waals surface area contributed by atoms with Crippen molar-refractivity contribution in [2.24, 2.45) is 0 Å². The third-order valence-corrected chi connectivity index (χ3v) is 13.4. The predicted molar refractivity (Wildman–Crippen MR) is 254 cm³/mol. The third kappa shape index (κ3) is 6.25. The van der Waals surface area contributed by atoms with E-state index in [9.17, 15) is 5.26 Å². The Balaban J connectivity index is 0.893. The van der Waals surface area contributed by atoms with Crippen LogP contribution in [0.4, 0.5) is 0 Å². The molecule has 2 aromatic heterocycles. The molecular formula is C58H40N4O. The number of hydrogen-bond acceptors (Lipinski definition) is 5. The first kappa shape index (κ1) is 36.9. The maximum atomic E-state index is 9.83. The summed E-state index contributed by atoms with van der Waals surface area (Å²) in [6, 6.07) is 66.1. The molecule has 63 heavy (non-hydrogen) atoms. The molecule has 5 nitrogen and oxygen atoms in total. The molecule has 0 aliphatic heterocycles. The second-order valence-electron chi connectivity index (χ2n) is 17.0. The van der Waals surface area contributed by atoms with Crippen molar-refractivity contribution in [2.45, 2.75) is 37.5 Å². The first-order valence-electron chi connectivity index (χ1n) is 21.9. The van der Waals surface area contributed by atoms with Crippen LogP contribution in [0.1, 0.15) is 48.8 Å². The molecule has 298 valence electrons. The van der Waals surface area contributed by atoms with Gasteiger partial charge in [0.2, 0.25) is 0 Å². The summed E-state index contributed by atoms with van der Waals surface area (Å²) in [5.41, 5.74) is 17.5. The minimum absolute atomic E-state index is 0.0111. The Labute approximate surface area is 366 Å². The molecule has 5 heteroatoms. The molecule has 2 aliphatic rings. The highest BCUT2D eigenvalue weighted by Crippen LogP contribution is 2.58. The van der Waals surface area contributed by atoms with Gasteiger partial charge in [0.05, 0.1) is 11.6 Å². The standard InChI is InChI=1S/C58H40N4O/c59-36-37-16-30-48-51(34-37)58(32-7-2-8-33-58)50-14-9-13-46(54(48)50)42-23-17-40(18-24-42)41-21-27-44(28-22-41)56-60-55(43-25-19-39(20-26-43)38-10-3-1-4-11-38)61-57(62-56)45-29-31-53-49(35-45)47-12-5-6-15-52(47)63-53/h1,3-6,9-31,34-35H,2,7-8,32-33H2. The van der Waals surface area contributed by atoms with Crippen molar-refractivity contribution < 1.29 is 4.42 Å². The highest BCUT2D eigenvalue weighted by atomic mass is 16.3. The van der Waals surface area contributed by atoms with Crippen LogP contribution < -0.4 is 0 Å². The lowest BCUT2D eigenvalue weighted by Gasteiger charge is -2.36. The molecule has 1 spiro atoms. The van der Waals surface area contributed by atoms with E-state index in [-0.39, 0.29) is 5.41 Å². The van der Waals surface area contributed by atoms with Crippen LogP contribution in [0, 0.1) is 11.3 Å². The highest BCUT2D eigenvalue weighted by Gasteiger charge is 2.44. The fourth-order valence-corrected chi connectivity index (χ4v) is 10.3. The zero-order valence-corrected chi connectivity index (χ0v) is 34.6. The lowest BCUT2D eigenvalue weighted by molar-refractivity contribution is 0.353. The molecule has 8 aromatic carbocycles. The molecule has 0 radical (unpaired) electrons. The fraction of sp³-hybridized carbons (Fsp3) is 0.103. The molecule has 1 fully saturated rings. The zero-order valence-electron chi connectivity index (χ0n) is 34.6. The first-order valence-corrected chi connectivity index (χ1v) is 21.9. The molecule has 0 bridgehead atoms. The Kier molecular flexibility index (Phi) is 8.72. The van der Waals surface area contributed by atoms with Crippen LogP contribution in [0.3, 0.4) is 0 Å². The van der Waals surface area contributed by atoms with E-state index >= 15 is 0 Å². The number of nitriles is 1.